The van der Waals surface area contributed by atoms with Gasteiger partial charge in [-0.1, -0.05) is 6.92 Å². The minimum absolute atomic E-state index is 0.0335. The summed E-state index contributed by atoms with van der Waals surface area (Å²) in [6, 6.07) is 2.78. The third-order valence-electron chi connectivity index (χ3n) is 2.28. The molecule has 3 N–H and O–H groups in total. The Hall–Kier alpha value is -1.96. The number of carboxylic acids is 1. The van der Waals surface area contributed by atoms with Crippen LogP contribution in [0.1, 0.15) is 12.7 Å². The maximum Gasteiger partial charge on any atom is 0.321 e. The molecule has 1 unspecified atom stereocenters. The molecule has 0 aromatic carbocycles. The first-order valence-corrected chi connectivity index (χ1v) is 7.05. The van der Waals surface area contributed by atoms with Crippen molar-refractivity contribution in [2.45, 2.75) is 13.5 Å². The summed E-state index contributed by atoms with van der Waals surface area (Å²) in [4.78, 5) is 33.3. The van der Waals surface area contributed by atoms with Gasteiger partial charge in [0.05, 0.1) is 24.5 Å². The number of thioether (sulfide) groups is 1. The molecule has 0 aliphatic rings. The maximum absolute atomic E-state index is 11.4. The number of hydrogen-bond donors (Lipinski definition) is 3. The van der Waals surface area contributed by atoms with E-state index in [0.29, 0.717) is 11.5 Å². The van der Waals surface area contributed by atoms with Gasteiger partial charge in [-0.05, 0) is 12.1 Å². The van der Waals surface area contributed by atoms with Gasteiger partial charge in [0, 0.05) is 5.75 Å². The largest absolute Gasteiger partial charge is 0.481 e. The number of hydrogen-bond acceptors (Lipinski definition) is 5. The highest BCUT2D eigenvalue weighted by Crippen LogP contribution is 2.07. The monoisotopic (exact) mass is 300 g/mol. The van der Waals surface area contributed by atoms with Crippen molar-refractivity contribution in [2.75, 3.05) is 11.5 Å². The highest BCUT2D eigenvalue weighted by molar-refractivity contribution is 7.99. The number of carboxylic acid groups (broad SMARTS) is 1. The van der Waals surface area contributed by atoms with Gasteiger partial charge >= 0.3 is 12.0 Å². The predicted octanol–water partition coefficient (Wildman–Crippen LogP) is 1.06. The summed E-state index contributed by atoms with van der Waals surface area (Å²) in [5.41, 5.74) is 0. The van der Waals surface area contributed by atoms with Crippen LogP contribution in [0.2, 0.25) is 0 Å². The Morgan fingerprint density at radius 2 is 2.20 bits per heavy atom. The molecule has 0 aliphatic carbocycles. The fourth-order valence-electron chi connectivity index (χ4n) is 1.19. The van der Waals surface area contributed by atoms with Crippen LogP contribution in [0.5, 0.6) is 0 Å². The number of aliphatic carboxylic acids is 1. The molecule has 1 aromatic rings. The summed E-state index contributed by atoms with van der Waals surface area (Å²) in [6.45, 7) is 1.75. The molecule has 3 amide bonds. The molecule has 0 bridgehead atoms. The van der Waals surface area contributed by atoms with Crippen LogP contribution in [0, 0.1) is 5.92 Å². The van der Waals surface area contributed by atoms with E-state index in [1.165, 1.54) is 6.26 Å². The number of imide groups is 1. The minimum Gasteiger partial charge on any atom is -0.481 e. The molecule has 7 nitrogen and oxygen atoms in total. The standard InChI is InChI=1S/C12H16N2O5S/c1-8(11(16)17)6-20-7-10(15)14-12(18)13-5-9-3-2-4-19-9/h2-4,8H,5-7H2,1H3,(H,16,17)(H2,13,14,15,18). The van der Waals surface area contributed by atoms with E-state index in [1.807, 2.05) is 0 Å². The topological polar surface area (TPSA) is 109 Å². The summed E-state index contributed by atoms with van der Waals surface area (Å²) < 4.78 is 5.02. The summed E-state index contributed by atoms with van der Waals surface area (Å²) in [7, 11) is 0. The van der Waals surface area contributed by atoms with E-state index < -0.39 is 23.8 Å². The van der Waals surface area contributed by atoms with Gasteiger partial charge in [-0.3, -0.25) is 14.9 Å². The molecule has 110 valence electrons. The van der Waals surface area contributed by atoms with Crippen molar-refractivity contribution in [3.63, 3.8) is 0 Å². The van der Waals surface area contributed by atoms with Gasteiger partial charge < -0.3 is 14.8 Å². The lowest BCUT2D eigenvalue weighted by Crippen LogP contribution is -2.40. The van der Waals surface area contributed by atoms with Crippen LogP contribution in [0.25, 0.3) is 0 Å². The Labute approximate surface area is 120 Å². The van der Waals surface area contributed by atoms with Crippen molar-refractivity contribution >= 4 is 29.7 Å². The van der Waals surface area contributed by atoms with Crippen LogP contribution in [0.4, 0.5) is 4.79 Å². The Morgan fingerprint density at radius 3 is 2.80 bits per heavy atom. The lowest BCUT2D eigenvalue weighted by Gasteiger charge is -2.07. The Balaban J connectivity index is 2.15. The van der Waals surface area contributed by atoms with Gasteiger partial charge in [-0.25, -0.2) is 4.79 Å². The molecule has 0 aliphatic heterocycles. The van der Waals surface area contributed by atoms with Crippen LogP contribution >= 0.6 is 11.8 Å². The van der Waals surface area contributed by atoms with E-state index >= 15 is 0 Å². The van der Waals surface area contributed by atoms with E-state index in [4.69, 9.17) is 9.52 Å². The van der Waals surface area contributed by atoms with E-state index in [0.717, 1.165) is 11.8 Å². The molecular formula is C12H16N2O5S. The van der Waals surface area contributed by atoms with Gasteiger partial charge in [-0.15, -0.1) is 0 Å². The maximum atomic E-state index is 11.4. The fourth-order valence-corrected chi connectivity index (χ4v) is 2.06. The van der Waals surface area contributed by atoms with Crippen LogP contribution in [0.3, 0.4) is 0 Å². The molecule has 8 heteroatoms. The second-order valence-corrected chi connectivity index (χ2v) is 5.09. The molecule has 0 saturated carbocycles. The SMILES string of the molecule is CC(CSCC(=O)NC(=O)NCc1ccco1)C(=O)O. The molecule has 1 atom stereocenters. The van der Waals surface area contributed by atoms with Crippen LogP contribution in [-0.4, -0.2) is 34.5 Å². The van der Waals surface area contributed by atoms with Gasteiger partial charge in [0.25, 0.3) is 0 Å². The van der Waals surface area contributed by atoms with Gasteiger partial charge in [0.2, 0.25) is 5.91 Å². The normalized spacial score (nSPS) is 11.7. The molecular weight excluding hydrogens is 284 g/mol. The van der Waals surface area contributed by atoms with Crippen LogP contribution in [0.15, 0.2) is 22.8 Å². The second kappa shape index (κ2) is 8.26. The fraction of sp³-hybridized carbons (Fsp3) is 0.417. The number of rotatable bonds is 7. The highest BCUT2D eigenvalue weighted by atomic mass is 32.2. The van der Waals surface area contributed by atoms with E-state index in [2.05, 4.69) is 10.6 Å². The molecule has 1 aromatic heterocycles. The predicted molar refractivity (Wildman–Crippen MR) is 73.2 cm³/mol. The van der Waals surface area contributed by atoms with Gasteiger partial charge in [0.15, 0.2) is 0 Å². The van der Waals surface area contributed by atoms with Crippen molar-refractivity contribution in [2.24, 2.45) is 5.92 Å². The Kier molecular flexibility index (Phi) is 6.65. The number of nitrogens with one attached hydrogen (secondary N) is 2. The van der Waals surface area contributed by atoms with Crippen molar-refractivity contribution in [3.8, 4) is 0 Å². The Morgan fingerprint density at radius 1 is 1.45 bits per heavy atom. The third-order valence-corrected chi connectivity index (χ3v) is 3.48. The number of carbonyl (C=O) groups excluding carboxylic acids is 2. The van der Waals surface area contributed by atoms with Crippen LogP contribution in [-0.2, 0) is 16.1 Å². The zero-order valence-electron chi connectivity index (χ0n) is 10.9. The van der Waals surface area contributed by atoms with E-state index in [1.54, 1.807) is 19.1 Å². The average Bonchev–Trinajstić information content (AvgIpc) is 2.89. The van der Waals surface area contributed by atoms with Gasteiger partial charge in [0.1, 0.15) is 5.76 Å². The summed E-state index contributed by atoms with van der Waals surface area (Å²) >= 11 is 1.16. The smallest absolute Gasteiger partial charge is 0.321 e. The summed E-state index contributed by atoms with van der Waals surface area (Å²) in [5, 5.41) is 13.3. The molecule has 0 saturated heterocycles. The first-order valence-electron chi connectivity index (χ1n) is 5.89. The second-order valence-electron chi connectivity index (χ2n) is 4.06. The Bertz CT molecular complexity index is 460. The van der Waals surface area contributed by atoms with Gasteiger partial charge in [-0.2, -0.15) is 11.8 Å². The molecule has 1 rings (SSSR count). The number of amides is 3. The molecule has 20 heavy (non-hydrogen) atoms. The number of urea groups is 1. The molecule has 0 fully saturated rings. The zero-order valence-corrected chi connectivity index (χ0v) is 11.7. The van der Waals surface area contributed by atoms with Crippen molar-refractivity contribution < 1.29 is 23.9 Å². The first-order chi connectivity index (χ1) is 9.49. The van der Waals surface area contributed by atoms with Crippen LogP contribution < -0.4 is 10.6 Å². The lowest BCUT2D eigenvalue weighted by atomic mass is 10.2. The lowest BCUT2D eigenvalue weighted by molar-refractivity contribution is -0.140. The van der Waals surface area contributed by atoms with E-state index in [-0.39, 0.29) is 12.3 Å². The van der Waals surface area contributed by atoms with E-state index in [9.17, 15) is 14.4 Å². The van der Waals surface area contributed by atoms with Crippen molar-refractivity contribution in [1.29, 1.82) is 0 Å². The highest BCUT2D eigenvalue weighted by Gasteiger charge is 2.13. The number of furan rings is 1. The zero-order chi connectivity index (χ0) is 15.0. The molecule has 0 spiro atoms. The summed E-state index contributed by atoms with van der Waals surface area (Å²) in [5.74, 6) is -0.973. The third kappa shape index (κ3) is 6.28. The minimum atomic E-state index is -0.908. The van der Waals surface area contributed by atoms with Crippen molar-refractivity contribution in [3.05, 3.63) is 24.2 Å². The average molecular weight is 300 g/mol. The molecule has 0 radical (unpaired) electrons. The summed E-state index contributed by atoms with van der Waals surface area (Å²) in [6.07, 6.45) is 1.49. The quantitative estimate of drug-likeness (QED) is 0.695. The first kappa shape index (κ1) is 16.1. The molecule has 1 heterocycles. The number of carbonyl (C=O) groups is 3. The van der Waals surface area contributed by atoms with Crippen molar-refractivity contribution in [1.82, 2.24) is 10.6 Å².